The molecule has 3 aromatic carbocycles. The first kappa shape index (κ1) is 24.3. The molecule has 2 atom stereocenters. The molecule has 4 aromatic rings. The van der Waals surface area contributed by atoms with E-state index in [1.165, 1.54) is 23.0 Å². The van der Waals surface area contributed by atoms with Crippen molar-refractivity contribution in [3.63, 3.8) is 0 Å². The summed E-state index contributed by atoms with van der Waals surface area (Å²) in [5.74, 6) is -0.785. The van der Waals surface area contributed by atoms with Gasteiger partial charge in [0.1, 0.15) is 23.3 Å². The molecular weight excluding hydrogens is 553 g/mol. The van der Waals surface area contributed by atoms with E-state index in [9.17, 15) is 14.0 Å². The fraction of sp³-hybridized carbons (Fsp3) is 0.179. The first-order valence-corrected chi connectivity index (χ1v) is 12.8. The highest BCUT2D eigenvalue weighted by Gasteiger charge is 2.41. The minimum Gasteiger partial charge on any atom is -0.339 e. The monoisotopic (exact) mass is 573 g/mol. The number of benzene rings is 3. The Morgan fingerprint density at radius 3 is 2.53 bits per heavy atom. The Kier molecular flexibility index (Phi) is 6.21. The van der Waals surface area contributed by atoms with E-state index in [4.69, 9.17) is 14.9 Å². The van der Waals surface area contributed by atoms with Crippen LogP contribution in [0, 0.1) is 5.82 Å². The number of fused-ring (bicyclic) bond motifs is 1. The second-order valence-electron chi connectivity index (χ2n) is 9.11. The number of carbonyl (C=O) groups is 2. The minimum atomic E-state index is -0.778. The van der Waals surface area contributed by atoms with E-state index in [1.54, 1.807) is 24.0 Å². The number of carbonyl (C=O) groups excluding carboxylic acids is 2. The van der Waals surface area contributed by atoms with Gasteiger partial charge >= 0.3 is 0 Å². The highest BCUT2D eigenvalue weighted by atomic mass is 79.9. The van der Waals surface area contributed by atoms with E-state index in [0.717, 1.165) is 20.9 Å². The van der Waals surface area contributed by atoms with Crippen molar-refractivity contribution >= 4 is 33.8 Å². The fourth-order valence-electron chi connectivity index (χ4n) is 4.61. The molecule has 0 N–H and O–H groups in total. The van der Waals surface area contributed by atoms with Crippen LogP contribution in [-0.4, -0.2) is 44.4 Å². The van der Waals surface area contributed by atoms with Crippen LogP contribution in [0.2, 0.25) is 0 Å². The number of halogens is 2. The molecular formula is C28H21BrFN5O3. The molecule has 1 fully saturated rings. The molecule has 2 aliphatic rings. The van der Waals surface area contributed by atoms with Crippen LogP contribution in [0.3, 0.4) is 0 Å². The molecule has 3 heterocycles. The van der Waals surface area contributed by atoms with Crippen LogP contribution in [0.15, 0.2) is 76.2 Å². The zero-order valence-corrected chi connectivity index (χ0v) is 21.8. The van der Waals surface area contributed by atoms with Gasteiger partial charge in [0.05, 0.1) is 11.0 Å². The molecule has 8 nitrogen and oxygen atoms in total. The molecule has 0 radical (unpaired) electrons. The molecule has 0 aliphatic carbocycles. The van der Waals surface area contributed by atoms with Crippen molar-refractivity contribution in [3.05, 3.63) is 98.9 Å². The Labute approximate surface area is 225 Å². The summed E-state index contributed by atoms with van der Waals surface area (Å²) >= 11 is 3.44. The predicted molar refractivity (Wildman–Crippen MR) is 140 cm³/mol. The molecule has 2 amide bonds. The molecule has 2 aliphatic heterocycles. The van der Waals surface area contributed by atoms with Gasteiger partial charge in [-0.15, -0.1) is 10.2 Å². The van der Waals surface area contributed by atoms with Crippen LogP contribution >= 0.6 is 15.9 Å². The van der Waals surface area contributed by atoms with Crippen molar-refractivity contribution in [2.24, 2.45) is 4.99 Å². The van der Waals surface area contributed by atoms with Gasteiger partial charge in [-0.2, -0.15) is 4.80 Å². The van der Waals surface area contributed by atoms with Crippen molar-refractivity contribution < 1.29 is 18.7 Å². The van der Waals surface area contributed by atoms with Gasteiger partial charge in [0.25, 0.3) is 11.8 Å². The SMILES string of the molecule is C[C@@H]1O[C@H](c2nn(-c3ccc(Br)cc3)nc2-c2ccc(F)cc2)N(CCc2ccc3c(c2)=CC(=O)N=3)C1=O. The summed E-state index contributed by atoms with van der Waals surface area (Å²) in [4.78, 5) is 31.9. The zero-order chi connectivity index (χ0) is 26.4. The van der Waals surface area contributed by atoms with E-state index < -0.39 is 12.3 Å². The van der Waals surface area contributed by atoms with Crippen LogP contribution in [0.4, 0.5) is 4.39 Å². The van der Waals surface area contributed by atoms with Gasteiger partial charge in [-0.1, -0.05) is 22.0 Å². The fourth-order valence-corrected chi connectivity index (χ4v) is 4.88. The summed E-state index contributed by atoms with van der Waals surface area (Å²) in [5.41, 5.74) is 3.30. The third-order valence-corrected chi connectivity index (χ3v) is 7.07. The lowest BCUT2D eigenvalue weighted by Crippen LogP contribution is -2.33. The molecule has 1 saturated heterocycles. The molecule has 0 saturated carbocycles. The first-order chi connectivity index (χ1) is 18.4. The first-order valence-electron chi connectivity index (χ1n) is 12.0. The van der Waals surface area contributed by atoms with Crippen LogP contribution < -0.4 is 10.6 Å². The molecule has 0 bridgehead atoms. The Morgan fingerprint density at radius 1 is 1.00 bits per heavy atom. The Morgan fingerprint density at radius 2 is 1.76 bits per heavy atom. The van der Waals surface area contributed by atoms with Gasteiger partial charge < -0.3 is 9.64 Å². The summed E-state index contributed by atoms with van der Waals surface area (Å²) < 4.78 is 20.7. The average Bonchev–Trinajstić information content (AvgIpc) is 3.58. The maximum absolute atomic E-state index is 13.7. The second kappa shape index (κ2) is 9.70. The summed E-state index contributed by atoms with van der Waals surface area (Å²) in [6.07, 6.45) is 0.604. The van der Waals surface area contributed by atoms with Crippen LogP contribution in [0.5, 0.6) is 0 Å². The predicted octanol–water partition coefficient (Wildman–Crippen LogP) is 3.26. The summed E-state index contributed by atoms with van der Waals surface area (Å²) in [5, 5.41) is 10.9. The van der Waals surface area contributed by atoms with Crippen molar-refractivity contribution in [2.75, 3.05) is 6.54 Å². The van der Waals surface area contributed by atoms with Gasteiger partial charge in [0.15, 0.2) is 6.23 Å². The Bertz CT molecular complexity index is 1690. The number of rotatable bonds is 6. The molecule has 6 rings (SSSR count). The lowest BCUT2D eigenvalue weighted by Gasteiger charge is -2.22. The van der Waals surface area contributed by atoms with E-state index >= 15 is 0 Å². The summed E-state index contributed by atoms with van der Waals surface area (Å²) in [7, 11) is 0. The topological polar surface area (TPSA) is 89.7 Å². The summed E-state index contributed by atoms with van der Waals surface area (Å²) in [6, 6.07) is 19.1. The highest BCUT2D eigenvalue weighted by Crippen LogP contribution is 2.36. The largest absolute Gasteiger partial charge is 0.339 e. The van der Waals surface area contributed by atoms with Crippen LogP contribution in [0.1, 0.15) is 24.4 Å². The highest BCUT2D eigenvalue weighted by molar-refractivity contribution is 9.10. The van der Waals surface area contributed by atoms with Gasteiger partial charge in [-0.05, 0) is 79.6 Å². The standard InChI is InChI=1S/C28H21BrFN5O3/c1-16-27(37)34(13-12-17-2-11-23-19(14-17)15-24(36)31-23)28(38-16)26-25(18-3-7-21(30)8-4-18)32-35(33-26)22-9-5-20(29)6-10-22/h2-11,14-16,28H,12-13H2,1H3/t16-,28+/m0/s1. The minimum absolute atomic E-state index is 0.156. The third-order valence-electron chi connectivity index (χ3n) is 6.54. The van der Waals surface area contributed by atoms with Crippen molar-refractivity contribution in [2.45, 2.75) is 25.7 Å². The normalized spacial score (nSPS) is 18.4. The summed E-state index contributed by atoms with van der Waals surface area (Å²) in [6.45, 7) is 2.08. The van der Waals surface area contributed by atoms with Crippen molar-refractivity contribution in [1.82, 2.24) is 19.9 Å². The maximum atomic E-state index is 13.7. The number of ether oxygens (including phenoxy) is 1. The number of hydrogen-bond acceptors (Lipinski definition) is 5. The quantitative estimate of drug-likeness (QED) is 0.353. The van der Waals surface area contributed by atoms with Crippen LogP contribution in [0.25, 0.3) is 23.0 Å². The molecule has 190 valence electrons. The molecule has 38 heavy (non-hydrogen) atoms. The molecule has 1 aromatic heterocycles. The lowest BCUT2D eigenvalue weighted by atomic mass is 10.1. The number of amides is 2. The van der Waals surface area contributed by atoms with Crippen molar-refractivity contribution in [1.29, 1.82) is 0 Å². The number of aromatic nitrogens is 3. The number of nitrogens with zero attached hydrogens (tertiary/aromatic N) is 5. The second-order valence-corrected chi connectivity index (χ2v) is 10.0. The van der Waals surface area contributed by atoms with Crippen LogP contribution in [-0.2, 0) is 20.7 Å². The lowest BCUT2D eigenvalue weighted by molar-refractivity contribution is -0.130. The number of hydrogen-bond donors (Lipinski definition) is 0. The van der Waals surface area contributed by atoms with Gasteiger partial charge in [0.2, 0.25) is 0 Å². The average molecular weight is 574 g/mol. The van der Waals surface area contributed by atoms with E-state index in [1.807, 2.05) is 42.5 Å². The molecule has 0 unspecified atom stereocenters. The van der Waals surface area contributed by atoms with Gasteiger partial charge in [0, 0.05) is 27.9 Å². The molecule has 10 heteroatoms. The van der Waals surface area contributed by atoms with Crippen molar-refractivity contribution in [3.8, 4) is 16.9 Å². The van der Waals surface area contributed by atoms with Gasteiger partial charge in [-0.3, -0.25) is 9.59 Å². The Hall–Kier alpha value is -4.02. The third kappa shape index (κ3) is 4.57. The maximum Gasteiger partial charge on any atom is 0.270 e. The smallest absolute Gasteiger partial charge is 0.270 e. The zero-order valence-electron chi connectivity index (χ0n) is 20.2. The molecule has 0 spiro atoms. The van der Waals surface area contributed by atoms with E-state index in [2.05, 4.69) is 20.9 Å². The van der Waals surface area contributed by atoms with E-state index in [0.29, 0.717) is 35.3 Å². The van der Waals surface area contributed by atoms with E-state index in [-0.39, 0.29) is 17.6 Å². The van der Waals surface area contributed by atoms with Gasteiger partial charge in [-0.25, -0.2) is 9.38 Å². The Balaban J connectivity index is 1.36.